The largest absolute Gasteiger partial charge is 0.490 e. The fourth-order valence-electron chi connectivity index (χ4n) is 2.11. The van der Waals surface area contributed by atoms with Gasteiger partial charge < -0.3 is 14.6 Å². The molecule has 0 heterocycles. The average Bonchev–Trinajstić information content (AvgIpc) is 2.60. The topological polar surface area (TPSA) is 79.5 Å². The van der Waals surface area contributed by atoms with E-state index in [0.29, 0.717) is 30.3 Å². The molecule has 0 saturated heterocycles. The van der Waals surface area contributed by atoms with Crippen LogP contribution in [0.1, 0.15) is 18.1 Å². The molecule has 0 atom stereocenters. The summed E-state index contributed by atoms with van der Waals surface area (Å²) in [7, 11) is 0. The summed E-state index contributed by atoms with van der Waals surface area (Å²) >= 11 is 6.28. The van der Waals surface area contributed by atoms with E-state index in [9.17, 15) is 4.79 Å². The van der Waals surface area contributed by atoms with E-state index in [1.807, 2.05) is 37.3 Å². The molecule has 0 aliphatic rings. The third-order valence-electron chi connectivity index (χ3n) is 3.22. The second kappa shape index (κ2) is 8.76. The van der Waals surface area contributed by atoms with Crippen LogP contribution in [0.15, 0.2) is 48.0 Å². The van der Waals surface area contributed by atoms with Gasteiger partial charge in [-0.25, -0.2) is 4.79 Å². The number of hydrogen-bond acceptors (Lipinski definition) is 4. The number of carboxylic acid groups (broad SMARTS) is 1. The van der Waals surface area contributed by atoms with Crippen LogP contribution in [0, 0.1) is 11.3 Å². The molecule has 2 aromatic carbocycles. The van der Waals surface area contributed by atoms with Crippen molar-refractivity contribution in [2.45, 2.75) is 13.5 Å². The van der Waals surface area contributed by atoms with Gasteiger partial charge in [-0.1, -0.05) is 41.9 Å². The van der Waals surface area contributed by atoms with Crippen LogP contribution in [-0.4, -0.2) is 17.7 Å². The molecule has 25 heavy (non-hydrogen) atoms. The first kappa shape index (κ1) is 18.4. The number of hydrogen-bond donors (Lipinski definition) is 1. The quantitative estimate of drug-likeness (QED) is 0.590. The Morgan fingerprint density at radius 1 is 1.28 bits per heavy atom. The zero-order valence-corrected chi connectivity index (χ0v) is 14.3. The van der Waals surface area contributed by atoms with E-state index in [-0.39, 0.29) is 5.02 Å². The van der Waals surface area contributed by atoms with Crippen LogP contribution in [-0.2, 0) is 11.4 Å². The van der Waals surface area contributed by atoms with Crippen LogP contribution >= 0.6 is 11.6 Å². The van der Waals surface area contributed by atoms with Crippen LogP contribution in [0.4, 0.5) is 0 Å². The summed E-state index contributed by atoms with van der Waals surface area (Å²) in [6.07, 6.45) is 1.23. The Balaban J connectivity index is 2.34. The molecule has 6 heteroatoms. The SMILES string of the molecule is CCOc1cc(C=C(C#N)C(=O)O)cc(Cl)c1OCc1ccccc1. The van der Waals surface area contributed by atoms with Crippen LogP contribution in [0.3, 0.4) is 0 Å². The molecule has 128 valence electrons. The lowest BCUT2D eigenvalue weighted by Crippen LogP contribution is -2.01. The molecule has 0 aliphatic heterocycles. The zero-order valence-electron chi connectivity index (χ0n) is 13.5. The number of carboxylic acids is 1. The minimum Gasteiger partial charge on any atom is -0.490 e. The van der Waals surface area contributed by atoms with Gasteiger partial charge in [0.15, 0.2) is 11.5 Å². The van der Waals surface area contributed by atoms with Crippen LogP contribution in [0.2, 0.25) is 5.02 Å². The highest BCUT2D eigenvalue weighted by Crippen LogP contribution is 2.37. The van der Waals surface area contributed by atoms with Gasteiger partial charge in [0.05, 0.1) is 11.6 Å². The van der Waals surface area contributed by atoms with Gasteiger partial charge in [0.2, 0.25) is 0 Å². The van der Waals surface area contributed by atoms with E-state index >= 15 is 0 Å². The Kier molecular flexibility index (Phi) is 6.44. The lowest BCUT2D eigenvalue weighted by Gasteiger charge is -2.14. The summed E-state index contributed by atoms with van der Waals surface area (Å²) in [4.78, 5) is 11.0. The number of carbonyl (C=O) groups is 1. The molecule has 0 saturated carbocycles. The molecule has 0 spiro atoms. The third-order valence-corrected chi connectivity index (χ3v) is 3.50. The molecule has 0 amide bonds. The van der Waals surface area contributed by atoms with Gasteiger partial charge >= 0.3 is 5.97 Å². The molecule has 0 aromatic heterocycles. The molecule has 0 fully saturated rings. The normalized spacial score (nSPS) is 10.8. The van der Waals surface area contributed by atoms with E-state index in [1.165, 1.54) is 12.1 Å². The molecule has 1 N–H and O–H groups in total. The second-order valence-corrected chi connectivity index (χ2v) is 5.42. The Labute approximate surface area is 150 Å². The summed E-state index contributed by atoms with van der Waals surface area (Å²) in [6, 6.07) is 14.3. The van der Waals surface area contributed by atoms with Crippen molar-refractivity contribution in [3.8, 4) is 17.6 Å². The molecule has 2 rings (SSSR count). The highest BCUT2D eigenvalue weighted by molar-refractivity contribution is 6.32. The number of halogens is 1. The Morgan fingerprint density at radius 2 is 2.00 bits per heavy atom. The van der Waals surface area contributed by atoms with Crippen molar-refractivity contribution >= 4 is 23.6 Å². The highest BCUT2D eigenvalue weighted by Gasteiger charge is 2.14. The van der Waals surface area contributed by atoms with Crippen molar-refractivity contribution in [2.75, 3.05) is 6.61 Å². The predicted molar refractivity (Wildman–Crippen MR) is 94.6 cm³/mol. The Hall–Kier alpha value is -2.97. The second-order valence-electron chi connectivity index (χ2n) is 5.01. The summed E-state index contributed by atoms with van der Waals surface area (Å²) in [6.45, 7) is 2.51. The van der Waals surface area contributed by atoms with E-state index in [0.717, 1.165) is 5.56 Å². The fraction of sp³-hybridized carbons (Fsp3) is 0.158. The smallest absolute Gasteiger partial charge is 0.346 e. The monoisotopic (exact) mass is 357 g/mol. The number of rotatable bonds is 7. The molecular weight excluding hydrogens is 342 g/mol. The molecule has 0 unspecified atom stereocenters. The minimum absolute atomic E-state index is 0.274. The summed E-state index contributed by atoms with van der Waals surface area (Å²) < 4.78 is 11.3. The minimum atomic E-state index is -1.30. The van der Waals surface area contributed by atoms with Gasteiger partial charge in [-0.15, -0.1) is 0 Å². The van der Waals surface area contributed by atoms with E-state index in [4.69, 9.17) is 31.4 Å². The van der Waals surface area contributed by atoms with Gasteiger partial charge in [-0.3, -0.25) is 0 Å². The zero-order chi connectivity index (χ0) is 18.2. The Bertz CT molecular complexity index is 825. The van der Waals surface area contributed by atoms with Crippen molar-refractivity contribution in [3.05, 3.63) is 64.2 Å². The Morgan fingerprint density at radius 3 is 2.60 bits per heavy atom. The number of ether oxygens (including phenoxy) is 2. The lowest BCUT2D eigenvalue weighted by atomic mass is 10.1. The van der Waals surface area contributed by atoms with Crippen molar-refractivity contribution in [2.24, 2.45) is 0 Å². The van der Waals surface area contributed by atoms with Gasteiger partial charge in [0.25, 0.3) is 0 Å². The summed E-state index contributed by atoms with van der Waals surface area (Å²) in [5.41, 5.74) is 1.03. The van der Waals surface area contributed by atoms with E-state index in [2.05, 4.69) is 0 Å². The molecule has 5 nitrogen and oxygen atoms in total. The highest BCUT2D eigenvalue weighted by atomic mass is 35.5. The van der Waals surface area contributed by atoms with E-state index in [1.54, 1.807) is 12.1 Å². The van der Waals surface area contributed by atoms with Crippen LogP contribution in [0.25, 0.3) is 6.08 Å². The number of aliphatic carboxylic acids is 1. The maximum Gasteiger partial charge on any atom is 0.346 e. The molecule has 0 aliphatic carbocycles. The maximum atomic E-state index is 11.0. The summed E-state index contributed by atoms with van der Waals surface area (Å²) in [5.74, 6) is -0.542. The first-order valence-corrected chi connectivity index (χ1v) is 7.91. The molecule has 0 bridgehead atoms. The number of benzene rings is 2. The van der Waals surface area contributed by atoms with Crippen LogP contribution < -0.4 is 9.47 Å². The van der Waals surface area contributed by atoms with Crippen molar-refractivity contribution in [1.82, 2.24) is 0 Å². The van der Waals surface area contributed by atoms with Gasteiger partial charge in [0.1, 0.15) is 18.2 Å². The van der Waals surface area contributed by atoms with Crippen LogP contribution in [0.5, 0.6) is 11.5 Å². The predicted octanol–water partition coefficient (Wildman–Crippen LogP) is 4.31. The first-order chi connectivity index (χ1) is 12.0. The first-order valence-electron chi connectivity index (χ1n) is 7.53. The number of nitrogens with zero attached hydrogens (tertiary/aromatic N) is 1. The summed E-state index contributed by atoms with van der Waals surface area (Å²) in [5, 5.41) is 18.1. The molecule has 0 radical (unpaired) electrons. The van der Waals surface area contributed by atoms with E-state index < -0.39 is 11.5 Å². The van der Waals surface area contributed by atoms with Crippen molar-refractivity contribution < 1.29 is 19.4 Å². The van der Waals surface area contributed by atoms with Crippen molar-refractivity contribution in [1.29, 1.82) is 5.26 Å². The third kappa shape index (κ3) is 5.00. The molecule has 2 aromatic rings. The maximum absolute atomic E-state index is 11.0. The fourth-order valence-corrected chi connectivity index (χ4v) is 2.39. The van der Waals surface area contributed by atoms with Gasteiger partial charge in [-0.05, 0) is 36.3 Å². The number of nitriles is 1. The van der Waals surface area contributed by atoms with Gasteiger partial charge in [-0.2, -0.15) is 5.26 Å². The average molecular weight is 358 g/mol. The lowest BCUT2D eigenvalue weighted by molar-refractivity contribution is -0.132. The van der Waals surface area contributed by atoms with Gasteiger partial charge in [0, 0.05) is 0 Å². The molecular formula is C19H16ClNO4. The standard InChI is InChI=1S/C19H16ClNO4/c1-2-24-17-10-14(8-15(11-21)19(22)23)9-16(20)18(17)25-12-13-6-4-3-5-7-13/h3-10H,2,12H2,1H3,(H,22,23). The van der Waals surface area contributed by atoms with Crippen molar-refractivity contribution in [3.63, 3.8) is 0 Å².